The smallest absolute Gasteiger partial charge is 0.278 e. The molecule has 0 radical (unpaired) electrons. The number of rotatable bonds is 6. The molecule has 1 aromatic carbocycles. The Labute approximate surface area is 168 Å². The van der Waals surface area contributed by atoms with Gasteiger partial charge >= 0.3 is 0 Å². The third-order valence-electron chi connectivity index (χ3n) is 3.81. The van der Waals surface area contributed by atoms with Gasteiger partial charge in [0, 0.05) is 9.77 Å². The lowest BCUT2D eigenvalue weighted by Crippen LogP contribution is -2.38. The van der Waals surface area contributed by atoms with Gasteiger partial charge in [-0.3, -0.25) is 14.0 Å². The third-order valence-corrected chi connectivity index (χ3v) is 4.48. The Morgan fingerprint density at radius 2 is 2.15 bits per heavy atom. The zero-order valence-electron chi connectivity index (χ0n) is 14.7. The van der Waals surface area contributed by atoms with Gasteiger partial charge in [0.2, 0.25) is 0 Å². The number of nitrogens with zero attached hydrogens (tertiary/aromatic N) is 2. The first kappa shape index (κ1) is 19.5. The second kappa shape index (κ2) is 7.79. The van der Waals surface area contributed by atoms with Crippen LogP contribution in [0.25, 0.3) is 5.52 Å². The molecule has 0 spiro atoms. The zero-order chi connectivity index (χ0) is 19.6. The van der Waals surface area contributed by atoms with Gasteiger partial charge in [-0.15, -0.1) is 0 Å². The molecule has 0 aliphatic carbocycles. The van der Waals surface area contributed by atoms with Crippen molar-refractivity contribution in [2.45, 2.75) is 19.4 Å². The molecule has 0 unspecified atom stereocenters. The first-order chi connectivity index (χ1) is 12.8. The fourth-order valence-electron chi connectivity index (χ4n) is 2.31. The minimum atomic E-state index is -0.938. The summed E-state index contributed by atoms with van der Waals surface area (Å²) in [5.74, 6) is -0.625. The molecule has 0 atom stereocenters. The molecule has 9 heteroatoms. The van der Waals surface area contributed by atoms with E-state index in [0.717, 1.165) is 3.57 Å². The van der Waals surface area contributed by atoms with E-state index in [1.165, 1.54) is 12.4 Å². The zero-order valence-corrected chi connectivity index (χ0v) is 16.8. The molecular formula is C18H18FIN4O3. The molecule has 0 aliphatic heterocycles. The van der Waals surface area contributed by atoms with Crippen LogP contribution in [0.2, 0.25) is 0 Å². The van der Waals surface area contributed by atoms with Crippen LogP contribution in [-0.4, -0.2) is 32.6 Å². The van der Waals surface area contributed by atoms with E-state index >= 15 is 0 Å². The summed E-state index contributed by atoms with van der Waals surface area (Å²) < 4.78 is 16.7. The SMILES string of the molecule is CC(C)(CO)ONC(=O)c1cc2ccncn2c1Nc1ccc(I)cc1F. The van der Waals surface area contributed by atoms with E-state index in [2.05, 4.69) is 15.8 Å². The van der Waals surface area contributed by atoms with Crippen LogP contribution < -0.4 is 10.8 Å². The van der Waals surface area contributed by atoms with Crippen LogP contribution in [0, 0.1) is 9.39 Å². The van der Waals surface area contributed by atoms with Crippen LogP contribution in [0.4, 0.5) is 15.9 Å². The first-order valence-electron chi connectivity index (χ1n) is 8.07. The molecule has 2 aromatic heterocycles. The van der Waals surface area contributed by atoms with Crippen molar-refractivity contribution in [2.24, 2.45) is 0 Å². The Balaban J connectivity index is 1.97. The lowest BCUT2D eigenvalue weighted by Gasteiger charge is -2.21. The number of hydrogen-bond donors (Lipinski definition) is 3. The molecule has 3 rings (SSSR count). The number of benzene rings is 1. The Bertz CT molecular complexity index is 990. The summed E-state index contributed by atoms with van der Waals surface area (Å²) in [6, 6.07) is 8.11. The van der Waals surface area contributed by atoms with Crippen LogP contribution in [-0.2, 0) is 4.84 Å². The minimum absolute atomic E-state index is 0.227. The van der Waals surface area contributed by atoms with Crippen molar-refractivity contribution < 1.29 is 19.1 Å². The highest BCUT2D eigenvalue weighted by Gasteiger charge is 2.23. The normalized spacial score (nSPS) is 11.6. The van der Waals surface area contributed by atoms with E-state index in [0.29, 0.717) is 11.3 Å². The fourth-order valence-corrected chi connectivity index (χ4v) is 2.77. The summed E-state index contributed by atoms with van der Waals surface area (Å²) >= 11 is 2.02. The Hall–Kier alpha value is -2.24. The average molecular weight is 484 g/mol. The lowest BCUT2D eigenvalue weighted by molar-refractivity contribution is -0.0956. The van der Waals surface area contributed by atoms with Gasteiger partial charge in [-0.25, -0.2) is 14.9 Å². The van der Waals surface area contributed by atoms with Gasteiger partial charge in [0.25, 0.3) is 5.91 Å². The summed E-state index contributed by atoms with van der Waals surface area (Å²) in [6.45, 7) is 3.00. The van der Waals surface area contributed by atoms with Gasteiger partial charge in [-0.05, 0) is 66.8 Å². The second-order valence-corrected chi connectivity index (χ2v) is 7.73. The summed E-state index contributed by atoms with van der Waals surface area (Å²) in [5.41, 5.74) is 2.57. The highest BCUT2D eigenvalue weighted by molar-refractivity contribution is 14.1. The summed E-state index contributed by atoms with van der Waals surface area (Å²) in [6.07, 6.45) is 3.12. The van der Waals surface area contributed by atoms with E-state index < -0.39 is 17.3 Å². The average Bonchev–Trinajstić information content (AvgIpc) is 3.01. The summed E-state index contributed by atoms with van der Waals surface area (Å²) in [5, 5.41) is 12.2. The highest BCUT2D eigenvalue weighted by Crippen LogP contribution is 2.27. The van der Waals surface area contributed by atoms with Crippen LogP contribution in [0.1, 0.15) is 24.2 Å². The predicted octanol–water partition coefficient (Wildman–Crippen LogP) is 3.25. The molecule has 142 valence electrons. The molecule has 3 N–H and O–H groups in total. The maximum atomic E-state index is 14.3. The van der Waals surface area contributed by atoms with Crippen molar-refractivity contribution in [3.05, 3.63) is 57.8 Å². The Kier molecular flexibility index (Phi) is 5.63. The summed E-state index contributed by atoms with van der Waals surface area (Å²) in [4.78, 5) is 22.0. The standard InChI is InChI=1S/C18H18FIN4O3/c1-18(2,9-25)27-23-17(26)13-8-12-5-6-21-10-24(12)16(13)22-15-4-3-11(20)7-14(15)19/h3-8,10,22,25H,9H2,1-2H3,(H,23,26). The van der Waals surface area contributed by atoms with Crippen LogP contribution in [0.3, 0.4) is 0 Å². The number of hydroxylamine groups is 1. The molecule has 27 heavy (non-hydrogen) atoms. The summed E-state index contributed by atoms with van der Waals surface area (Å²) in [7, 11) is 0. The quantitative estimate of drug-likeness (QED) is 0.370. The highest BCUT2D eigenvalue weighted by atomic mass is 127. The van der Waals surface area contributed by atoms with Gasteiger partial charge in [0.05, 0.1) is 23.4 Å². The lowest BCUT2D eigenvalue weighted by atomic mass is 10.2. The van der Waals surface area contributed by atoms with Crippen molar-refractivity contribution in [1.82, 2.24) is 14.9 Å². The van der Waals surface area contributed by atoms with E-state index in [9.17, 15) is 14.3 Å². The maximum absolute atomic E-state index is 14.3. The van der Waals surface area contributed by atoms with Gasteiger partial charge in [0.1, 0.15) is 23.6 Å². The van der Waals surface area contributed by atoms with Crippen molar-refractivity contribution in [1.29, 1.82) is 0 Å². The molecule has 0 fully saturated rings. The number of aliphatic hydroxyl groups excluding tert-OH is 1. The molecule has 0 saturated heterocycles. The van der Waals surface area contributed by atoms with Crippen molar-refractivity contribution in [3.63, 3.8) is 0 Å². The van der Waals surface area contributed by atoms with E-state index in [1.807, 2.05) is 22.6 Å². The number of hydrogen-bond acceptors (Lipinski definition) is 5. The van der Waals surface area contributed by atoms with Crippen LogP contribution in [0.5, 0.6) is 0 Å². The number of fused-ring (bicyclic) bond motifs is 1. The van der Waals surface area contributed by atoms with Crippen LogP contribution in [0.15, 0.2) is 42.9 Å². The number of amides is 1. The number of carbonyl (C=O) groups excluding carboxylic acids is 1. The fraction of sp³-hybridized carbons (Fsp3) is 0.222. The van der Waals surface area contributed by atoms with Crippen LogP contribution >= 0.6 is 22.6 Å². The largest absolute Gasteiger partial charge is 0.393 e. The van der Waals surface area contributed by atoms with Gasteiger partial charge in [-0.1, -0.05) is 0 Å². The third kappa shape index (κ3) is 4.37. The van der Waals surface area contributed by atoms with E-state index in [-0.39, 0.29) is 17.9 Å². The van der Waals surface area contributed by atoms with E-state index in [1.54, 1.807) is 48.7 Å². The molecule has 0 saturated carbocycles. The van der Waals surface area contributed by atoms with Gasteiger partial charge < -0.3 is 10.4 Å². The van der Waals surface area contributed by atoms with E-state index in [4.69, 9.17) is 4.84 Å². The monoisotopic (exact) mass is 484 g/mol. The molecule has 0 aliphatic rings. The predicted molar refractivity (Wildman–Crippen MR) is 107 cm³/mol. The maximum Gasteiger partial charge on any atom is 0.278 e. The van der Waals surface area contributed by atoms with Crippen molar-refractivity contribution >= 4 is 45.5 Å². The molecular weight excluding hydrogens is 466 g/mol. The first-order valence-corrected chi connectivity index (χ1v) is 9.15. The number of aromatic nitrogens is 2. The topological polar surface area (TPSA) is 87.9 Å². The number of nitrogens with one attached hydrogen (secondary N) is 2. The molecule has 3 aromatic rings. The molecule has 2 heterocycles. The second-order valence-electron chi connectivity index (χ2n) is 6.48. The van der Waals surface area contributed by atoms with Crippen molar-refractivity contribution in [3.8, 4) is 0 Å². The van der Waals surface area contributed by atoms with Gasteiger partial charge in [0.15, 0.2) is 0 Å². The van der Waals surface area contributed by atoms with Crippen molar-refractivity contribution in [2.75, 3.05) is 11.9 Å². The Morgan fingerprint density at radius 1 is 1.37 bits per heavy atom. The van der Waals surface area contributed by atoms with Gasteiger partial charge in [-0.2, -0.15) is 0 Å². The Morgan fingerprint density at radius 3 is 2.85 bits per heavy atom. The number of anilines is 2. The molecule has 1 amide bonds. The number of carbonyl (C=O) groups is 1. The molecule has 0 bridgehead atoms. The number of aliphatic hydroxyl groups is 1. The minimum Gasteiger partial charge on any atom is -0.393 e. The number of halogens is 2. The molecule has 7 nitrogen and oxygen atoms in total.